The van der Waals surface area contributed by atoms with Crippen LogP contribution in [0.5, 0.6) is 11.5 Å². The molecule has 0 bridgehead atoms. The predicted octanol–water partition coefficient (Wildman–Crippen LogP) is 7.31. The minimum Gasteiger partial charge on any atom is -0.508 e. The molecule has 4 rings (SSSR count). The first-order valence-corrected chi connectivity index (χ1v) is 13.4. The van der Waals surface area contributed by atoms with Crippen molar-refractivity contribution in [3.63, 3.8) is 0 Å². The molecule has 4 aromatic carbocycles. The first-order chi connectivity index (χ1) is 21.3. The topological polar surface area (TPSA) is 134 Å². The number of benzene rings is 4. The van der Waals surface area contributed by atoms with Crippen molar-refractivity contribution in [2.75, 3.05) is 13.2 Å². The number of phenolic OH excluding ortho intramolecular Hbond substituents is 1. The maximum absolute atomic E-state index is 12.4. The van der Waals surface area contributed by atoms with Crippen LogP contribution in [0.15, 0.2) is 135 Å². The Morgan fingerprint density at radius 1 is 0.591 bits per heavy atom. The zero-order valence-corrected chi connectivity index (χ0v) is 23.8. The molecule has 0 heterocycles. The van der Waals surface area contributed by atoms with E-state index < -0.39 is 11.9 Å². The molecule has 8 nitrogen and oxygen atoms in total. The summed E-state index contributed by atoms with van der Waals surface area (Å²) < 4.78 is 10.6. The number of ether oxygens (including phenoxy) is 2. The Hall–Kier alpha value is -6.02. The molecule has 0 unspecified atom stereocenters. The molecule has 0 spiro atoms. The monoisotopic (exact) mass is 592 g/mol. The highest BCUT2D eigenvalue weighted by molar-refractivity contribution is 6.23. The molecule has 0 radical (unpaired) electrons. The average molecular weight is 593 g/mol. The summed E-state index contributed by atoms with van der Waals surface area (Å²) in [5, 5.41) is 39.2. The Morgan fingerprint density at radius 2 is 1.05 bits per heavy atom. The number of aliphatic hydroxyl groups excluding tert-OH is 2. The Labute approximate surface area is 255 Å². The van der Waals surface area contributed by atoms with Crippen LogP contribution in [0.3, 0.4) is 0 Å². The summed E-state index contributed by atoms with van der Waals surface area (Å²) in [6.07, 6.45) is 3.12. The lowest BCUT2D eigenvalue weighted by Gasteiger charge is -2.12. The number of carboxylic acid groups (broad SMARTS) is 1. The fourth-order valence-corrected chi connectivity index (χ4v) is 3.90. The van der Waals surface area contributed by atoms with Crippen molar-refractivity contribution >= 4 is 34.6 Å². The summed E-state index contributed by atoms with van der Waals surface area (Å²) in [7, 11) is 0. The van der Waals surface area contributed by atoms with Crippen molar-refractivity contribution in [2.45, 2.75) is 0 Å². The SMILES string of the molecule is C=CCOC(=O)C(=C(O)c1ccccc1)c1ccc(OCC=C)cc1.O=C(O)C(=C(O)c1ccccc1)c1ccc(O)cc1. The van der Waals surface area contributed by atoms with Gasteiger partial charge in [-0.3, -0.25) is 0 Å². The van der Waals surface area contributed by atoms with E-state index in [2.05, 4.69) is 13.2 Å². The van der Waals surface area contributed by atoms with Crippen LogP contribution in [0, 0.1) is 0 Å². The molecule has 0 saturated heterocycles. The number of carbonyl (C=O) groups is 2. The lowest BCUT2D eigenvalue weighted by molar-refractivity contribution is -0.135. The molecule has 224 valence electrons. The smallest absolute Gasteiger partial charge is 0.342 e. The molecular formula is C36H32O8. The zero-order chi connectivity index (χ0) is 31.9. The molecule has 8 heteroatoms. The van der Waals surface area contributed by atoms with Gasteiger partial charge in [-0.1, -0.05) is 110 Å². The lowest BCUT2D eigenvalue weighted by Crippen LogP contribution is -2.10. The Kier molecular flexibility index (Phi) is 12.1. The van der Waals surface area contributed by atoms with Gasteiger partial charge < -0.3 is 29.9 Å². The quantitative estimate of drug-likeness (QED) is 0.0468. The summed E-state index contributed by atoms with van der Waals surface area (Å²) in [6, 6.07) is 29.7. The maximum atomic E-state index is 12.4. The molecule has 0 saturated carbocycles. The number of carboxylic acids is 1. The van der Waals surface area contributed by atoms with Crippen molar-refractivity contribution in [3.05, 3.63) is 157 Å². The van der Waals surface area contributed by atoms with E-state index in [9.17, 15) is 30.0 Å². The lowest BCUT2D eigenvalue weighted by atomic mass is 10.0. The molecule has 4 aromatic rings. The summed E-state index contributed by atoms with van der Waals surface area (Å²) in [5.41, 5.74) is 1.69. The van der Waals surface area contributed by atoms with Crippen molar-refractivity contribution in [3.8, 4) is 11.5 Å². The Balaban J connectivity index is 0.000000249. The van der Waals surface area contributed by atoms with Crippen LogP contribution in [0.1, 0.15) is 22.3 Å². The van der Waals surface area contributed by atoms with Crippen LogP contribution in [0.4, 0.5) is 0 Å². The van der Waals surface area contributed by atoms with Gasteiger partial charge in [-0.05, 0) is 35.4 Å². The van der Waals surface area contributed by atoms with Gasteiger partial charge in [0.15, 0.2) is 0 Å². The fraction of sp³-hybridized carbons (Fsp3) is 0.0556. The number of aromatic hydroxyl groups is 1. The highest BCUT2D eigenvalue weighted by Gasteiger charge is 2.20. The van der Waals surface area contributed by atoms with Gasteiger partial charge >= 0.3 is 11.9 Å². The number of hydrogen-bond donors (Lipinski definition) is 4. The van der Waals surface area contributed by atoms with Gasteiger partial charge in [0, 0.05) is 11.1 Å². The van der Waals surface area contributed by atoms with Gasteiger partial charge in [-0.15, -0.1) is 0 Å². The minimum absolute atomic E-state index is 0.0349. The number of esters is 1. The molecule has 0 fully saturated rings. The number of rotatable bonds is 11. The highest BCUT2D eigenvalue weighted by atomic mass is 16.5. The number of aliphatic hydroxyl groups is 2. The van der Waals surface area contributed by atoms with Crippen LogP contribution < -0.4 is 4.74 Å². The third kappa shape index (κ3) is 8.99. The van der Waals surface area contributed by atoms with Crippen molar-refractivity contribution in [2.24, 2.45) is 0 Å². The molecule has 0 aromatic heterocycles. The predicted molar refractivity (Wildman–Crippen MR) is 171 cm³/mol. The normalized spacial score (nSPS) is 11.5. The van der Waals surface area contributed by atoms with Gasteiger partial charge in [0.25, 0.3) is 0 Å². The van der Waals surface area contributed by atoms with Crippen LogP contribution in [-0.4, -0.2) is 45.6 Å². The van der Waals surface area contributed by atoms with E-state index in [4.69, 9.17) is 9.47 Å². The summed E-state index contributed by atoms with van der Waals surface area (Å²) >= 11 is 0. The van der Waals surface area contributed by atoms with Gasteiger partial charge in [-0.25, -0.2) is 9.59 Å². The van der Waals surface area contributed by atoms with E-state index in [1.54, 1.807) is 84.9 Å². The van der Waals surface area contributed by atoms with E-state index >= 15 is 0 Å². The molecule has 0 atom stereocenters. The van der Waals surface area contributed by atoms with E-state index in [0.29, 0.717) is 34.6 Å². The fourth-order valence-electron chi connectivity index (χ4n) is 3.90. The van der Waals surface area contributed by atoms with Gasteiger partial charge in [0.1, 0.15) is 47.4 Å². The van der Waals surface area contributed by atoms with Gasteiger partial charge in [0.05, 0.1) is 0 Å². The van der Waals surface area contributed by atoms with Gasteiger partial charge in [-0.2, -0.15) is 0 Å². The standard InChI is InChI=1S/C21H20O4.C15H12O4/c1-3-14-24-18-12-10-16(11-13-18)19(21(23)25-15-4-2)20(22)17-8-6-5-7-9-17;16-12-8-6-10(7-9-12)13(15(18)19)14(17)11-4-2-1-3-5-11/h3-13,22H,1-2,14-15H2;1-9,16-17H,(H,18,19). The molecular weight excluding hydrogens is 560 g/mol. The van der Waals surface area contributed by atoms with Crippen LogP contribution in [-0.2, 0) is 14.3 Å². The second-order valence-corrected chi connectivity index (χ2v) is 9.04. The van der Waals surface area contributed by atoms with Crippen molar-refractivity contribution in [1.82, 2.24) is 0 Å². The zero-order valence-electron chi connectivity index (χ0n) is 23.8. The first kappa shape index (κ1) is 32.5. The summed E-state index contributed by atoms with van der Waals surface area (Å²) in [6.45, 7) is 7.57. The molecule has 0 aliphatic heterocycles. The van der Waals surface area contributed by atoms with Crippen LogP contribution in [0.25, 0.3) is 22.7 Å². The highest BCUT2D eigenvalue weighted by Crippen LogP contribution is 2.28. The summed E-state index contributed by atoms with van der Waals surface area (Å²) in [5.74, 6) is -1.63. The summed E-state index contributed by atoms with van der Waals surface area (Å²) in [4.78, 5) is 23.8. The van der Waals surface area contributed by atoms with E-state index in [1.165, 1.54) is 30.3 Å². The molecule has 44 heavy (non-hydrogen) atoms. The largest absolute Gasteiger partial charge is 0.508 e. The third-order valence-corrected chi connectivity index (χ3v) is 5.99. The van der Waals surface area contributed by atoms with E-state index in [0.717, 1.165) is 0 Å². The van der Waals surface area contributed by atoms with Crippen molar-refractivity contribution < 1.29 is 39.5 Å². The number of carbonyl (C=O) groups excluding carboxylic acids is 1. The average Bonchev–Trinajstić information content (AvgIpc) is 3.05. The molecule has 0 aliphatic carbocycles. The van der Waals surface area contributed by atoms with E-state index in [-0.39, 0.29) is 35.0 Å². The second-order valence-electron chi connectivity index (χ2n) is 9.04. The Bertz CT molecular complexity index is 1620. The van der Waals surface area contributed by atoms with Gasteiger partial charge in [0.2, 0.25) is 0 Å². The second kappa shape index (κ2) is 16.4. The maximum Gasteiger partial charge on any atom is 0.342 e. The van der Waals surface area contributed by atoms with Crippen LogP contribution in [0.2, 0.25) is 0 Å². The van der Waals surface area contributed by atoms with Crippen LogP contribution >= 0.6 is 0 Å². The van der Waals surface area contributed by atoms with Crippen molar-refractivity contribution in [1.29, 1.82) is 0 Å². The minimum atomic E-state index is -1.23. The van der Waals surface area contributed by atoms with E-state index in [1.807, 2.05) is 6.07 Å². The Morgan fingerprint density at radius 3 is 1.52 bits per heavy atom. The molecule has 4 N–H and O–H groups in total. The molecule has 0 aliphatic rings. The number of hydrogen-bond acceptors (Lipinski definition) is 7. The molecule has 0 amide bonds. The number of aliphatic carboxylic acids is 1. The third-order valence-electron chi connectivity index (χ3n) is 5.99. The first-order valence-electron chi connectivity index (χ1n) is 13.4. The number of phenols is 1.